The number of amides is 1. The lowest BCUT2D eigenvalue weighted by Crippen LogP contribution is -2.41. The van der Waals surface area contributed by atoms with Crippen molar-refractivity contribution in [1.29, 1.82) is 0 Å². The highest BCUT2D eigenvalue weighted by Gasteiger charge is 2.16. The van der Waals surface area contributed by atoms with Crippen molar-refractivity contribution >= 4 is 5.91 Å². The Morgan fingerprint density at radius 2 is 2.26 bits per heavy atom. The van der Waals surface area contributed by atoms with Crippen LogP contribution < -0.4 is 11.1 Å². The summed E-state index contributed by atoms with van der Waals surface area (Å²) in [5.74, 6) is -0.546. The third kappa shape index (κ3) is 5.36. The first-order chi connectivity index (χ1) is 9.04. The minimum absolute atomic E-state index is 0.229. The Balaban J connectivity index is 2.47. The maximum Gasteiger partial charge on any atom is 0.237 e. The Kier molecular flexibility index (Phi) is 6.45. The minimum atomic E-state index is -0.564. The molecule has 0 radical (unpaired) electrons. The van der Waals surface area contributed by atoms with E-state index in [0.29, 0.717) is 13.0 Å². The molecule has 0 aliphatic rings. The van der Waals surface area contributed by atoms with E-state index in [4.69, 9.17) is 10.5 Å². The molecule has 0 saturated carbocycles. The van der Waals surface area contributed by atoms with Gasteiger partial charge in [-0.25, -0.2) is 4.39 Å². The van der Waals surface area contributed by atoms with Gasteiger partial charge in [0.25, 0.3) is 0 Å². The van der Waals surface area contributed by atoms with Gasteiger partial charge in [0.05, 0.1) is 12.1 Å². The van der Waals surface area contributed by atoms with E-state index in [1.165, 1.54) is 12.1 Å². The Labute approximate surface area is 113 Å². The van der Waals surface area contributed by atoms with Crippen molar-refractivity contribution in [2.45, 2.75) is 31.8 Å². The summed E-state index contributed by atoms with van der Waals surface area (Å²) in [5.41, 5.74) is 6.49. The molecule has 1 amide bonds. The van der Waals surface area contributed by atoms with Crippen LogP contribution in [0.1, 0.15) is 31.4 Å². The summed E-state index contributed by atoms with van der Waals surface area (Å²) in [7, 11) is 1.61. The van der Waals surface area contributed by atoms with Crippen molar-refractivity contribution < 1.29 is 13.9 Å². The molecule has 1 unspecified atom stereocenters. The third-order valence-corrected chi connectivity index (χ3v) is 2.91. The fourth-order valence-electron chi connectivity index (χ4n) is 1.76. The maximum absolute atomic E-state index is 13.1. The van der Waals surface area contributed by atoms with Crippen LogP contribution in [0.15, 0.2) is 24.3 Å². The first kappa shape index (κ1) is 15.6. The number of methoxy groups -OCH3 is 1. The zero-order valence-electron chi connectivity index (χ0n) is 11.4. The van der Waals surface area contributed by atoms with Gasteiger partial charge in [0.15, 0.2) is 0 Å². The summed E-state index contributed by atoms with van der Waals surface area (Å²) in [6.45, 7) is 2.38. The maximum atomic E-state index is 13.1. The van der Waals surface area contributed by atoms with Crippen LogP contribution in [0, 0.1) is 5.82 Å². The van der Waals surface area contributed by atoms with Crippen molar-refractivity contribution in [3.63, 3.8) is 0 Å². The summed E-state index contributed by atoms with van der Waals surface area (Å²) in [5, 5.41) is 2.78. The molecule has 4 nitrogen and oxygen atoms in total. The minimum Gasteiger partial charge on any atom is -0.385 e. The Morgan fingerprint density at radius 1 is 1.53 bits per heavy atom. The van der Waals surface area contributed by atoms with Crippen LogP contribution in [0.25, 0.3) is 0 Å². The second-order valence-electron chi connectivity index (χ2n) is 4.53. The Bertz CT molecular complexity index is 412. The lowest BCUT2D eigenvalue weighted by atomic mass is 10.1. The second-order valence-corrected chi connectivity index (χ2v) is 4.53. The van der Waals surface area contributed by atoms with E-state index < -0.39 is 6.04 Å². The fourth-order valence-corrected chi connectivity index (χ4v) is 1.76. The zero-order valence-corrected chi connectivity index (χ0v) is 11.4. The number of benzene rings is 1. The molecule has 3 N–H and O–H groups in total. The van der Waals surface area contributed by atoms with Gasteiger partial charge < -0.3 is 15.8 Å². The van der Waals surface area contributed by atoms with Crippen LogP contribution >= 0.6 is 0 Å². The molecule has 0 heterocycles. The quantitative estimate of drug-likeness (QED) is 0.741. The van der Waals surface area contributed by atoms with E-state index in [2.05, 4.69) is 5.32 Å². The summed E-state index contributed by atoms with van der Waals surface area (Å²) in [4.78, 5) is 11.8. The number of nitrogens with one attached hydrogen (secondary N) is 1. The van der Waals surface area contributed by atoms with Gasteiger partial charge in [-0.05, 0) is 37.5 Å². The number of ether oxygens (including phenoxy) is 1. The molecule has 0 bridgehead atoms. The SMILES string of the molecule is COCCCC(N)C(=O)N[C@H](C)c1cccc(F)c1. The van der Waals surface area contributed by atoms with Gasteiger partial charge in [-0.3, -0.25) is 4.79 Å². The molecule has 1 rings (SSSR count). The Morgan fingerprint density at radius 3 is 2.89 bits per heavy atom. The lowest BCUT2D eigenvalue weighted by Gasteiger charge is -2.18. The predicted molar refractivity (Wildman–Crippen MR) is 72.0 cm³/mol. The van der Waals surface area contributed by atoms with E-state index in [1.54, 1.807) is 26.2 Å². The standard InChI is InChI=1S/C14H21FN2O2/c1-10(11-5-3-6-12(15)9-11)17-14(18)13(16)7-4-8-19-2/h3,5-6,9-10,13H,4,7-8,16H2,1-2H3,(H,17,18)/t10-,13?/m1/s1. The van der Waals surface area contributed by atoms with Crippen LogP contribution in [-0.4, -0.2) is 25.7 Å². The molecule has 2 atom stereocenters. The highest BCUT2D eigenvalue weighted by molar-refractivity contribution is 5.81. The molecule has 0 aromatic heterocycles. The van der Waals surface area contributed by atoms with Crippen molar-refractivity contribution in [1.82, 2.24) is 5.32 Å². The monoisotopic (exact) mass is 268 g/mol. The molecule has 0 spiro atoms. The summed E-state index contributed by atoms with van der Waals surface area (Å²) >= 11 is 0. The number of rotatable bonds is 7. The van der Waals surface area contributed by atoms with Gasteiger partial charge in [-0.15, -0.1) is 0 Å². The lowest BCUT2D eigenvalue weighted by molar-refractivity contribution is -0.123. The van der Waals surface area contributed by atoms with E-state index in [9.17, 15) is 9.18 Å². The predicted octanol–water partition coefficient (Wildman–Crippen LogP) is 1.76. The average molecular weight is 268 g/mol. The molecular formula is C14H21FN2O2. The van der Waals surface area contributed by atoms with Gasteiger partial charge in [-0.2, -0.15) is 0 Å². The number of halogens is 1. The number of carbonyl (C=O) groups is 1. The topological polar surface area (TPSA) is 64.3 Å². The van der Waals surface area contributed by atoms with Crippen LogP contribution in [0.4, 0.5) is 4.39 Å². The van der Waals surface area contributed by atoms with Crippen molar-refractivity contribution in [2.24, 2.45) is 5.73 Å². The average Bonchev–Trinajstić information content (AvgIpc) is 2.38. The molecular weight excluding hydrogens is 247 g/mol. The van der Waals surface area contributed by atoms with Crippen LogP contribution in [0.2, 0.25) is 0 Å². The molecule has 1 aromatic rings. The normalized spacial score (nSPS) is 13.9. The molecule has 0 aliphatic carbocycles. The van der Waals surface area contributed by atoms with Crippen LogP contribution in [-0.2, 0) is 9.53 Å². The summed E-state index contributed by atoms with van der Waals surface area (Å²) in [6, 6.07) is 5.33. The van der Waals surface area contributed by atoms with E-state index in [0.717, 1.165) is 12.0 Å². The number of carbonyl (C=O) groups excluding carboxylic acids is 1. The summed E-state index contributed by atoms with van der Waals surface area (Å²) < 4.78 is 18.0. The number of nitrogens with two attached hydrogens (primary N) is 1. The van der Waals surface area contributed by atoms with Gasteiger partial charge in [0.1, 0.15) is 5.82 Å². The molecule has 0 aliphatic heterocycles. The van der Waals surface area contributed by atoms with Gasteiger partial charge >= 0.3 is 0 Å². The molecule has 0 fully saturated rings. The van der Waals surface area contributed by atoms with E-state index in [-0.39, 0.29) is 17.8 Å². The first-order valence-corrected chi connectivity index (χ1v) is 6.35. The molecule has 1 aromatic carbocycles. The second kappa shape index (κ2) is 7.86. The van der Waals surface area contributed by atoms with Gasteiger partial charge in [0.2, 0.25) is 5.91 Å². The molecule has 0 saturated heterocycles. The number of hydrogen-bond acceptors (Lipinski definition) is 3. The van der Waals surface area contributed by atoms with E-state index >= 15 is 0 Å². The van der Waals surface area contributed by atoms with Crippen LogP contribution in [0.3, 0.4) is 0 Å². The first-order valence-electron chi connectivity index (χ1n) is 6.35. The van der Waals surface area contributed by atoms with Gasteiger partial charge in [0, 0.05) is 13.7 Å². The summed E-state index contributed by atoms with van der Waals surface area (Å²) in [6.07, 6.45) is 1.30. The van der Waals surface area contributed by atoms with Gasteiger partial charge in [-0.1, -0.05) is 12.1 Å². The third-order valence-electron chi connectivity index (χ3n) is 2.91. The van der Waals surface area contributed by atoms with Crippen molar-refractivity contribution in [2.75, 3.05) is 13.7 Å². The highest BCUT2D eigenvalue weighted by atomic mass is 19.1. The van der Waals surface area contributed by atoms with Crippen LogP contribution in [0.5, 0.6) is 0 Å². The molecule has 106 valence electrons. The molecule has 19 heavy (non-hydrogen) atoms. The zero-order chi connectivity index (χ0) is 14.3. The smallest absolute Gasteiger partial charge is 0.237 e. The largest absolute Gasteiger partial charge is 0.385 e. The Hall–Kier alpha value is -1.46. The fraction of sp³-hybridized carbons (Fsp3) is 0.500. The van der Waals surface area contributed by atoms with Crippen molar-refractivity contribution in [3.05, 3.63) is 35.6 Å². The van der Waals surface area contributed by atoms with E-state index in [1.807, 2.05) is 0 Å². The van der Waals surface area contributed by atoms with Crippen molar-refractivity contribution in [3.8, 4) is 0 Å². The highest BCUT2D eigenvalue weighted by Crippen LogP contribution is 2.13. The number of hydrogen-bond donors (Lipinski definition) is 2. The molecule has 5 heteroatoms.